The van der Waals surface area contributed by atoms with Crippen molar-refractivity contribution in [1.29, 1.82) is 0 Å². The molecule has 0 unspecified atom stereocenters. The van der Waals surface area contributed by atoms with Crippen LogP contribution in [0.15, 0.2) is 36.4 Å². The average Bonchev–Trinajstić information content (AvgIpc) is 2.96. The van der Waals surface area contributed by atoms with E-state index in [9.17, 15) is 0 Å². The molecule has 0 amide bonds. The molecule has 0 heterocycles. The third-order valence-corrected chi connectivity index (χ3v) is 4.66. The zero-order valence-corrected chi connectivity index (χ0v) is 18.6. The molecule has 0 fully saturated rings. The normalized spacial score (nSPS) is 11.3. The van der Waals surface area contributed by atoms with Gasteiger partial charge in [0.15, 0.2) is 0 Å². The molecule has 0 aromatic heterocycles. The maximum absolute atomic E-state index is 4.93. The Kier molecular flexibility index (Phi) is 9.09. The number of fused-ring (bicyclic) bond motifs is 3. The van der Waals surface area contributed by atoms with Gasteiger partial charge in [0.1, 0.15) is 0 Å². The summed E-state index contributed by atoms with van der Waals surface area (Å²) >= 11 is -0.826. The van der Waals surface area contributed by atoms with E-state index < -0.39 is 20.8 Å². The van der Waals surface area contributed by atoms with Crippen molar-refractivity contribution in [3.05, 3.63) is 58.7 Å². The number of hydrogen-bond acceptors (Lipinski definition) is 0. The number of aryl methyl sites for hydroxylation is 2. The first-order chi connectivity index (χ1) is 11.7. The summed E-state index contributed by atoms with van der Waals surface area (Å²) in [5.41, 5.74) is 9.02. The van der Waals surface area contributed by atoms with Crippen molar-refractivity contribution in [3.63, 3.8) is 0 Å². The predicted molar refractivity (Wildman–Crippen MR) is 104 cm³/mol. The zero-order chi connectivity index (χ0) is 17.4. The summed E-state index contributed by atoms with van der Waals surface area (Å²) in [7, 11) is 9.87. The van der Waals surface area contributed by atoms with E-state index in [2.05, 4.69) is 50.2 Å². The molecular formula is C21H26Cl2Zr. The molecule has 0 N–H and O–H groups in total. The van der Waals surface area contributed by atoms with Gasteiger partial charge < -0.3 is 0 Å². The molecule has 2 aromatic carbocycles. The summed E-state index contributed by atoms with van der Waals surface area (Å²) in [5, 5.41) is 0. The number of hydrogen-bond donors (Lipinski definition) is 0. The van der Waals surface area contributed by atoms with E-state index in [1.165, 1.54) is 71.9 Å². The molecule has 0 aliphatic heterocycles. The van der Waals surface area contributed by atoms with Crippen molar-refractivity contribution in [2.45, 2.75) is 58.8 Å². The summed E-state index contributed by atoms with van der Waals surface area (Å²) in [5.74, 6) is 0. The Hall–Kier alpha value is -0.0969. The van der Waals surface area contributed by atoms with Gasteiger partial charge in [-0.2, -0.15) is 0 Å². The summed E-state index contributed by atoms with van der Waals surface area (Å²) in [6.07, 6.45) is 8.68. The summed E-state index contributed by atoms with van der Waals surface area (Å²) in [4.78, 5) is 0. The Balaban J connectivity index is 0.000000647. The molecule has 2 aromatic rings. The number of rotatable bonds is 6. The first-order valence-electron chi connectivity index (χ1n) is 8.93. The fourth-order valence-electron chi connectivity index (χ4n) is 3.33. The number of unbranched alkanes of at least 4 members (excludes halogenated alkanes) is 2. The van der Waals surface area contributed by atoms with Crippen LogP contribution in [0.2, 0.25) is 0 Å². The first kappa shape index (κ1) is 20.2. The molecule has 0 radical (unpaired) electrons. The molecule has 0 saturated carbocycles. The summed E-state index contributed by atoms with van der Waals surface area (Å²) in [6.45, 7) is 4.53. The average molecular weight is 441 g/mol. The second kappa shape index (κ2) is 10.8. The zero-order valence-electron chi connectivity index (χ0n) is 14.7. The minimum absolute atomic E-state index is 0.826. The van der Waals surface area contributed by atoms with Gasteiger partial charge in [-0.1, -0.05) is 63.1 Å². The number of halogens is 2. The van der Waals surface area contributed by atoms with Gasteiger partial charge in [-0.25, -0.2) is 0 Å². The standard InChI is InChI=1S/C21H26.2ClH.Zr/c1-3-5-7-16-9-11-18-15-19-12-10-17(8-6-4-2)14-21(19)20(18)13-16;;;/h9-14H,3-8,15H2,1-2H3;2*1H;/q;;;+2/p-2. The van der Waals surface area contributed by atoms with Gasteiger partial charge in [0.2, 0.25) is 0 Å². The molecule has 1 aliphatic rings. The second-order valence-corrected chi connectivity index (χ2v) is 10.2. The van der Waals surface area contributed by atoms with Gasteiger partial charge in [0.25, 0.3) is 0 Å². The quantitative estimate of drug-likeness (QED) is 0.377. The van der Waals surface area contributed by atoms with Gasteiger partial charge in [-0.05, 0) is 65.5 Å². The molecule has 24 heavy (non-hydrogen) atoms. The molecule has 0 bridgehead atoms. The Bertz CT molecular complexity index is 597. The van der Waals surface area contributed by atoms with Gasteiger partial charge in [-0.15, -0.1) is 0 Å². The molecule has 1 aliphatic carbocycles. The van der Waals surface area contributed by atoms with E-state index in [-0.39, 0.29) is 0 Å². The van der Waals surface area contributed by atoms with E-state index in [1.807, 2.05) is 0 Å². The van der Waals surface area contributed by atoms with E-state index in [0.29, 0.717) is 0 Å². The molecule has 0 spiro atoms. The SMILES string of the molecule is CCCCc1ccc2c(c1)-c1cc(CCCC)ccc1C2.[Cl][Zr][Cl]. The number of benzene rings is 2. The van der Waals surface area contributed by atoms with Crippen LogP contribution in [-0.2, 0) is 40.1 Å². The third-order valence-electron chi connectivity index (χ3n) is 4.66. The van der Waals surface area contributed by atoms with Crippen LogP contribution in [-0.4, -0.2) is 0 Å². The Labute approximate surface area is 165 Å². The fourth-order valence-corrected chi connectivity index (χ4v) is 3.33. The van der Waals surface area contributed by atoms with Crippen LogP contribution >= 0.6 is 17.0 Å². The van der Waals surface area contributed by atoms with Crippen LogP contribution in [0.4, 0.5) is 0 Å². The van der Waals surface area contributed by atoms with E-state index in [1.54, 1.807) is 0 Å². The Morgan fingerprint density at radius 2 is 1.21 bits per heavy atom. The van der Waals surface area contributed by atoms with Gasteiger partial charge in [0, 0.05) is 0 Å². The van der Waals surface area contributed by atoms with Crippen LogP contribution in [0.3, 0.4) is 0 Å². The summed E-state index contributed by atoms with van der Waals surface area (Å²) < 4.78 is 0. The first-order valence-corrected chi connectivity index (χ1v) is 15.3. The van der Waals surface area contributed by atoms with Crippen molar-refractivity contribution < 1.29 is 20.8 Å². The van der Waals surface area contributed by atoms with E-state index in [0.717, 1.165) is 6.42 Å². The Morgan fingerprint density at radius 3 is 1.58 bits per heavy atom. The van der Waals surface area contributed by atoms with Crippen LogP contribution in [0.1, 0.15) is 61.8 Å². The maximum atomic E-state index is 4.93. The van der Waals surface area contributed by atoms with E-state index in [4.69, 9.17) is 17.0 Å². The molecule has 3 heteroatoms. The van der Waals surface area contributed by atoms with Crippen molar-refractivity contribution in [2.75, 3.05) is 0 Å². The van der Waals surface area contributed by atoms with Gasteiger partial charge >= 0.3 is 37.9 Å². The van der Waals surface area contributed by atoms with Crippen molar-refractivity contribution in [2.24, 2.45) is 0 Å². The topological polar surface area (TPSA) is 0 Å². The predicted octanol–water partition coefficient (Wildman–Crippen LogP) is 7.32. The van der Waals surface area contributed by atoms with Crippen LogP contribution in [0.5, 0.6) is 0 Å². The fraction of sp³-hybridized carbons (Fsp3) is 0.429. The molecule has 0 saturated heterocycles. The minimum atomic E-state index is -0.826. The third kappa shape index (κ3) is 5.45. The van der Waals surface area contributed by atoms with Crippen LogP contribution < -0.4 is 0 Å². The second-order valence-electron chi connectivity index (χ2n) is 6.44. The molecular weight excluding hydrogens is 414 g/mol. The van der Waals surface area contributed by atoms with Crippen LogP contribution in [0, 0.1) is 0 Å². The van der Waals surface area contributed by atoms with Crippen LogP contribution in [0.25, 0.3) is 11.1 Å². The Morgan fingerprint density at radius 1 is 0.792 bits per heavy atom. The monoisotopic (exact) mass is 438 g/mol. The molecule has 3 rings (SSSR count). The van der Waals surface area contributed by atoms with Gasteiger partial charge in [0.05, 0.1) is 0 Å². The molecule has 0 atom stereocenters. The van der Waals surface area contributed by atoms with Gasteiger partial charge in [-0.3, -0.25) is 0 Å². The van der Waals surface area contributed by atoms with Crippen molar-refractivity contribution in [1.82, 2.24) is 0 Å². The summed E-state index contributed by atoms with van der Waals surface area (Å²) in [6, 6.07) is 14.3. The van der Waals surface area contributed by atoms with Crippen molar-refractivity contribution in [3.8, 4) is 11.1 Å². The van der Waals surface area contributed by atoms with Crippen molar-refractivity contribution >= 4 is 17.0 Å². The van der Waals surface area contributed by atoms with E-state index >= 15 is 0 Å². The molecule has 128 valence electrons. The molecule has 0 nitrogen and oxygen atoms in total.